The molecule has 0 heterocycles. The summed E-state index contributed by atoms with van der Waals surface area (Å²) in [6.07, 6.45) is 3.18. The zero-order valence-corrected chi connectivity index (χ0v) is 13.6. The van der Waals surface area contributed by atoms with Gasteiger partial charge >= 0.3 is 5.97 Å². The van der Waals surface area contributed by atoms with Gasteiger partial charge in [0.05, 0.1) is 5.56 Å². The molecule has 0 atom stereocenters. The molecule has 0 aromatic heterocycles. The molecule has 0 unspecified atom stereocenters. The molecule has 25 heavy (non-hydrogen) atoms. The van der Waals surface area contributed by atoms with Crippen LogP contribution in [0, 0.1) is 11.3 Å². The summed E-state index contributed by atoms with van der Waals surface area (Å²) in [5.74, 6) is -0.179. The molecule has 0 bridgehead atoms. The maximum Gasteiger partial charge on any atom is 0.336 e. The Bertz CT molecular complexity index is 832. The van der Waals surface area contributed by atoms with Gasteiger partial charge in [0, 0.05) is 5.56 Å². The molecule has 0 fully saturated rings. The van der Waals surface area contributed by atoms with E-state index in [1.165, 1.54) is 12.1 Å². The molecule has 0 saturated carbocycles. The summed E-state index contributed by atoms with van der Waals surface area (Å²) in [4.78, 5) is 11.6. The Kier molecular flexibility index (Phi) is 5.97. The summed E-state index contributed by atoms with van der Waals surface area (Å²) in [5.41, 5.74) is 1.10. The van der Waals surface area contributed by atoms with Gasteiger partial charge < -0.3 is 14.6 Å². The lowest BCUT2D eigenvalue weighted by atomic mass is 9.94. The molecule has 2 aromatic rings. The van der Waals surface area contributed by atoms with Gasteiger partial charge in [-0.25, -0.2) is 4.79 Å². The first kappa shape index (κ1) is 17.8. The molecule has 2 aromatic carbocycles. The fourth-order valence-electron chi connectivity index (χ4n) is 2.31. The summed E-state index contributed by atoms with van der Waals surface area (Å²) in [6, 6.07) is 11.8. The van der Waals surface area contributed by atoms with Crippen LogP contribution >= 0.6 is 0 Å². The van der Waals surface area contributed by atoms with Crippen molar-refractivity contribution in [1.29, 1.82) is 5.26 Å². The Hall–Kier alpha value is -3.52. The van der Waals surface area contributed by atoms with Gasteiger partial charge in [0.1, 0.15) is 36.3 Å². The average Bonchev–Trinajstić information content (AvgIpc) is 2.64. The standard InChI is InChI=1S/C20H17NO4/c1-3-11-24-15-7-5-14(6-8-15)19-16(20(22)23)9-10-18(17(19)13-21)25-12-4-2/h3-10H,1-2,11-12H2,(H,22,23). The van der Waals surface area contributed by atoms with Crippen LogP contribution in [-0.4, -0.2) is 24.3 Å². The Morgan fingerprint density at radius 2 is 1.72 bits per heavy atom. The van der Waals surface area contributed by atoms with Crippen LogP contribution in [0.1, 0.15) is 15.9 Å². The van der Waals surface area contributed by atoms with Gasteiger partial charge in [-0.3, -0.25) is 0 Å². The molecule has 2 rings (SSSR count). The molecular weight excluding hydrogens is 318 g/mol. The number of carboxylic acids is 1. The van der Waals surface area contributed by atoms with Gasteiger partial charge in [0.2, 0.25) is 0 Å². The number of benzene rings is 2. The number of hydrogen-bond donors (Lipinski definition) is 1. The van der Waals surface area contributed by atoms with Crippen LogP contribution in [0.2, 0.25) is 0 Å². The average molecular weight is 335 g/mol. The van der Waals surface area contributed by atoms with E-state index in [1.54, 1.807) is 36.4 Å². The van der Waals surface area contributed by atoms with E-state index in [0.29, 0.717) is 29.2 Å². The number of rotatable bonds is 8. The van der Waals surface area contributed by atoms with Crippen molar-refractivity contribution >= 4 is 5.97 Å². The minimum atomic E-state index is -1.12. The quantitative estimate of drug-likeness (QED) is 0.736. The first-order valence-electron chi connectivity index (χ1n) is 7.50. The lowest BCUT2D eigenvalue weighted by Gasteiger charge is -2.14. The highest BCUT2D eigenvalue weighted by Gasteiger charge is 2.20. The first-order chi connectivity index (χ1) is 12.1. The summed E-state index contributed by atoms with van der Waals surface area (Å²) < 4.78 is 10.9. The third-order valence-electron chi connectivity index (χ3n) is 3.38. The van der Waals surface area contributed by atoms with E-state index >= 15 is 0 Å². The molecule has 126 valence electrons. The molecule has 5 heteroatoms. The van der Waals surface area contributed by atoms with Crippen LogP contribution in [0.25, 0.3) is 11.1 Å². The predicted octanol–water partition coefficient (Wildman–Crippen LogP) is 4.05. The van der Waals surface area contributed by atoms with Crippen LogP contribution in [0.3, 0.4) is 0 Å². The Balaban J connectivity index is 2.56. The maximum absolute atomic E-state index is 11.6. The molecule has 0 aliphatic carbocycles. The zero-order valence-electron chi connectivity index (χ0n) is 13.6. The fourth-order valence-corrected chi connectivity index (χ4v) is 2.31. The van der Waals surface area contributed by atoms with Crippen LogP contribution in [0.4, 0.5) is 0 Å². The summed E-state index contributed by atoms with van der Waals surface area (Å²) in [7, 11) is 0. The smallest absolute Gasteiger partial charge is 0.336 e. The second-order valence-corrected chi connectivity index (χ2v) is 5.00. The van der Waals surface area contributed by atoms with Crippen molar-refractivity contribution in [3.05, 3.63) is 72.8 Å². The van der Waals surface area contributed by atoms with E-state index in [9.17, 15) is 15.2 Å². The van der Waals surface area contributed by atoms with Crippen molar-refractivity contribution in [2.75, 3.05) is 13.2 Å². The molecule has 0 spiro atoms. The number of nitrogens with zero attached hydrogens (tertiary/aromatic N) is 1. The largest absolute Gasteiger partial charge is 0.490 e. The second-order valence-electron chi connectivity index (χ2n) is 5.00. The SMILES string of the molecule is C=CCOc1ccc(-c2c(C(=O)O)ccc(OCC=C)c2C#N)cc1. The van der Waals surface area contributed by atoms with Crippen molar-refractivity contribution in [3.8, 4) is 28.7 Å². The van der Waals surface area contributed by atoms with Crippen LogP contribution in [-0.2, 0) is 0 Å². The van der Waals surface area contributed by atoms with Crippen LogP contribution < -0.4 is 9.47 Å². The Morgan fingerprint density at radius 1 is 1.08 bits per heavy atom. The second kappa shape index (κ2) is 8.37. The third kappa shape index (κ3) is 4.06. The highest BCUT2D eigenvalue weighted by atomic mass is 16.5. The van der Waals surface area contributed by atoms with E-state index in [1.807, 2.05) is 6.07 Å². The normalized spacial score (nSPS) is 9.72. The van der Waals surface area contributed by atoms with Crippen molar-refractivity contribution in [3.63, 3.8) is 0 Å². The minimum absolute atomic E-state index is 0.0299. The first-order valence-corrected chi connectivity index (χ1v) is 7.50. The fraction of sp³-hybridized carbons (Fsp3) is 0.100. The highest BCUT2D eigenvalue weighted by Crippen LogP contribution is 2.34. The molecule has 0 saturated heterocycles. The van der Waals surface area contributed by atoms with Gasteiger partial charge in [-0.2, -0.15) is 5.26 Å². The van der Waals surface area contributed by atoms with Gasteiger partial charge in [-0.15, -0.1) is 0 Å². The predicted molar refractivity (Wildman–Crippen MR) is 94.9 cm³/mol. The lowest BCUT2D eigenvalue weighted by Crippen LogP contribution is -2.05. The highest BCUT2D eigenvalue weighted by molar-refractivity contribution is 5.98. The van der Waals surface area contributed by atoms with Crippen LogP contribution in [0.15, 0.2) is 61.7 Å². The Morgan fingerprint density at radius 3 is 2.28 bits per heavy atom. The molecule has 1 N–H and O–H groups in total. The molecule has 0 aliphatic rings. The number of nitriles is 1. The van der Waals surface area contributed by atoms with Crippen molar-refractivity contribution in [2.45, 2.75) is 0 Å². The van der Waals surface area contributed by atoms with Gasteiger partial charge in [-0.05, 0) is 29.8 Å². The zero-order chi connectivity index (χ0) is 18.2. The van der Waals surface area contributed by atoms with Gasteiger partial charge in [-0.1, -0.05) is 37.4 Å². The van der Waals surface area contributed by atoms with E-state index < -0.39 is 5.97 Å². The number of carbonyl (C=O) groups is 1. The number of carboxylic acid groups (broad SMARTS) is 1. The summed E-state index contributed by atoms with van der Waals surface area (Å²) in [6.45, 7) is 7.74. The number of ether oxygens (including phenoxy) is 2. The van der Waals surface area contributed by atoms with Crippen molar-refractivity contribution in [2.24, 2.45) is 0 Å². The monoisotopic (exact) mass is 335 g/mol. The van der Waals surface area contributed by atoms with E-state index in [4.69, 9.17) is 9.47 Å². The Labute approximate surface area is 146 Å². The minimum Gasteiger partial charge on any atom is -0.490 e. The summed E-state index contributed by atoms with van der Waals surface area (Å²) in [5, 5.41) is 19.0. The molecule has 0 radical (unpaired) electrons. The summed E-state index contributed by atoms with van der Waals surface area (Å²) >= 11 is 0. The third-order valence-corrected chi connectivity index (χ3v) is 3.38. The van der Waals surface area contributed by atoms with Gasteiger partial charge in [0.25, 0.3) is 0 Å². The topological polar surface area (TPSA) is 79.6 Å². The molecule has 0 amide bonds. The van der Waals surface area contributed by atoms with E-state index in [2.05, 4.69) is 13.2 Å². The lowest BCUT2D eigenvalue weighted by molar-refractivity contribution is 0.0697. The number of hydrogen-bond acceptors (Lipinski definition) is 4. The maximum atomic E-state index is 11.6. The van der Waals surface area contributed by atoms with E-state index in [-0.39, 0.29) is 17.7 Å². The van der Waals surface area contributed by atoms with Crippen LogP contribution in [0.5, 0.6) is 11.5 Å². The molecule has 0 aliphatic heterocycles. The molecular formula is C20H17NO4. The van der Waals surface area contributed by atoms with E-state index in [0.717, 1.165) is 0 Å². The van der Waals surface area contributed by atoms with Crippen molar-refractivity contribution in [1.82, 2.24) is 0 Å². The number of aromatic carboxylic acids is 1. The van der Waals surface area contributed by atoms with Crippen molar-refractivity contribution < 1.29 is 19.4 Å². The molecule has 5 nitrogen and oxygen atoms in total. The van der Waals surface area contributed by atoms with Gasteiger partial charge in [0.15, 0.2) is 0 Å².